The number of rotatable bonds is 11. The van der Waals surface area contributed by atoms with Gasteiger partial charge in [-0.05, 0) is 61.7 Å². The van der Waals surface area contributed by atoms with E-state index >= 15 is 0 Å². The zero-order chi connectivity index (χ0) is 25.5. The predicted molar refractivity (Wildman–Crippen MR) is 143 cm³/mol. The van der Waals surface area contributed by atoms with E-state index in [1.54, 1.807) is 25.1 Å². The molecule has 10 heteroatoms. The van der Waals surface area contributed by atoms with Crippen molar-refractivity contribution in [2.75, 3.05) is 23.7 Å². The number of benzene rings is 2. The van der Waals surface area contributed by atoms with Crippen molar-refractivity contribution in [2.45, 2.75) is 46.2 Å². The average molecular weight is 617 g/mol. The van der Waals surface area contributed by atoms with Gasteiger partial charge < -0.3 is 10.2 Å². The number of hydrogen-bond acceptors (Lipinski definition) is 4. The number of unbranched alkanes of at least 4 members (excludes halogenated alkanes) is 1. The van der Waals surface area contributed by atoms with Gasteiger partial charge in [0.05, 0.1) is 11.9 Å². The molecule has 0 spiro atoms. The van der Waals surface area contributed by atoms with Crippen LogP contribution in [0.25, 0.3) is 0 Å². The van der Waals surface area contributed by atoms with Crippen molar-refractivity contribution in [3.8, 4) is 0 Å². The van der Waals surface area contributed by atoms with Gasteiger partial charge in [-0.1, -0.05) is 57.3 Å². The Bertz CT molecular complexity index is 1120. The third-order valence-electron chi connectivity index (χ3n) is 5.35. The van der Waals surface area contributed by atoms with Crippen LogP contribution in [0.2, 0.25) is 0 Å². The van der Waals surface area contributed by atoms with Gasteiger partial charge in [-0.15, -0.1) is 0 Å². The molecule has 0 aliphatic heterocycles. The van der Waals surface area contributed by atoms with E-state index in [1.165, 1.54) is 4.90 Å². The maximum atomic E-state index is 13.5. The Labute approximate surface area is 219 Å². The Kier molecular flexibility index (Phi) is 10.6. The zero-order valence-electron chi connectivity index (χ0n) is 19.8. The molecule has 34 heavy (non-hydrogen) atoms. The molecular weight excluding hydrogens is 586 g/mol. The second kappa shape index (κ2) is 12.7. The number of nitrogens with one attached hydrogen (secondary N) is 1. The van der Waals surface area contributed by atoms with E-state index in [2.05, 4.69) is 37.2 Å². The van der Waals surface area contributed by atoms with E-state index in [0.717, 1.165) is 43.5 Å². The molecule has 1 atom stereocenters. The van der Waals surface area contributed by atoms with Crippen molar-refractivity contribution in [3.63, 3.8) is 0 Å². The molecule has 7 nitrogen and oxygen atoms in total. The first kappa shape index (κ1) is 28.3. The summed E-state index contributed by atoms with van der Waals surface area (Å²) in [6.45, 7) is 5.80. The van der Waals surface area contributed by atoms with E-state index in [1.807, 2.05) is 38.1 Å². The Morgan fingerprint density at radius 1 is 1.12 bits per heavy atom. The standard InChI is InChI=1S/C24H31Br2N3O4S/c1-5-6-12-27-24(31)18(3)28(15-19-8-7-9-20(25)14-19)23(30)16-29(34(4,32)33)21-10-11-22(26)17(2)13-21/h7-11,13-14,18H,5-6,12,15-16H2,1-4H3,(H,27,31)/t18-/m0/s1. The highest BCUT2D eigenvalue weighted by molar-refractivity contribution is 9.10. The van der Waals surface area contributed by atoms with Crippen LogP contribution in [0.5, 0.6) is 0 Å². The summed E-state index contributed by atoms with van der Waals surface area (Å²) in [5.41, 5.74) is 2.05. The van der Waals surface area contributed by atoms with Crippen LogP contribution >= 0.6 is 31.9 Å². The molecular formula is C24H31Br2N3O4S. The van der Waals surface area contributed by atoms with Crippen molar-refractivity contribution >= 4 is 59.4 Å². The topological polar surface area (TPSA) is 86.8 Å². The second-order valence-electron chi connectivity index (χ2n) is 8.18. The van der Waals surface area contributed by atoms with Gasteiger partial charge in [-0.3, -0.25) is 13.9 Å². The van der Waals surface area contributed by atoms with Crippen LogP contribution in [-0.4, -0.2) is 50.5 Å². The molecule has 186 valence electrons. The van der Waals surface area contributed by atoms with Gasteiger partial charge in [-0.2, -0.15) is 0 Å². The van der Waals surface area contributed by atoms with Crippen molar-refractivity contribution in [3.05, 3.63) is 62.5 Å². The van der Waals surface area contributed by atoms with Gasteiger partial charge in [0.1, 0.15) is 12.6 Å². The first-order valence-corrected chi connectivity index (χ1v) is 14.4. The number of anilines is 1. The number of sulfonamides is 1. The molecule has 0 saturated carbocycles. The number of amides is 2. The van der Waals surface area contributed by atoms with Crippen LogP contribution in [0.3, 0.4) is 0 Å². The highest BCUT2D eigenvalue weighted by Gasteiger charge is 2.30. The lowest BCUT2D eigenvalue weighted by Crippen LogP contribution is -2.51. The van der Waals surface area contributed by atoms with Gasteiger partial charge in [-0.25, -0.2) is 8.42 Å². The summed E-state index contributed by atoms with van der Waals surface area (Å²) in [6, 6.07) is 11.8. The lowest BCUT2D eigenvalue weighted by Gasteiger charge is -2.31. The molecule has 0 fully saturated rings. The third kappa shape index (κ3) is 8.09. The molecule has 0 aromatic heterocycles. The van der Waals surface area contributed by atoms with E-state index < -0.39 is 28.5 Å². The van der Waals surface area contributed by atoms with Crippen molar-refractivity contribution in [2.24, 2.45) is 0 Å². The fourth-order valence-corrected chi connectivity index (χ4v) is 4.88. The number of carbonyl (C=O) groups is 2. The number of aryl methyl sites for hydroxylation is 1. The first-order chi connectivity index (χ1) is 15.9. The minimum absolute atomic E-state index is 0.164. The smallest absolute Gasteiger partial charge is 0.244 e. The minimum atomic E-state index is -3.76. The number of hydrogen-bond donors (Lipinski definition) is 1. The quantitative estimate of drug-likeness (QED) is 0.373. The van der Waals surface area contributed by atoms with Crippen molar-refractivity contribution in [1.82, 2.24) is 10.2 Å². The lowest BCUT2D eigenvalue weighted by molar-refractivity contribution is -0.139. The van der Waals surface area contributed by atoms with E-state index in [9.17, 15) is 18.0 Å². The number of carbonyl (C=O) groups excluding carboxylic acids is 2. The van der Waals surface area contributed by atoms with Gasteiger partial charge in [0.15, 0.2) is 0 Å². The van der Waals surface area contributed by atoms with E-state index in [-0.39, 0.29) is 12.5 Å². The Hall–Kier alpha value is -1.91. The monoisotopic (exact) mass is 615 g/mol. The summed E-state index contributed by atoms with van der Waals surface area (Å²) >= 11 is 6.85. The molecule has 0 saturated heterocycles. The second-order valence-corrected chi connectivity index (χ2v) is 11.9. The average Bonchev–Trinajstić information content (AvgIpc) is 2.76. The molecule has 2 aromatic rings. The van der Waals surface area contributed by atoms with Crippen molar-refractivity contribution < 1.29 is 18.0 Å². The fourth-order valence-electron chi connectivity index (χ4n) is 3.35. The number of halogens is 2. The molecule has 2 aromatic carbocycles. The van der Waals surface area contributed by atoms with Crippen LogP contribution in [0.15, 0.2) is 51.4 Å². The lowest BCUT2D eigenvalue weighted by atomic mass is 10.1. The molecule has 2 amide bonds. The molecule has 0 unspecified atom stereocenters. The summed E-state index contributed by atoms with van der Waals surface area (Å²) in [4.78, 5) is 27.7. The van der Waals surface area contributed by atoms with E-state index in [0.29, 0.717) is 12.2 Å². The van der Waals surface area contributed by atoms with Crippen LogP contribution in [0.1, 0.15) is 37.8 Å². The SMILES string of the molecule is CCCCNC(=O)[C@H](C)N(Cc1cccc(Br)c1)C(=O)CN(c1ccc(Br)c(C)c1)S(C)(=O)=O. The highest BCUT2D eigenvalue weighted by Crippen LogP contribution is 2.25. The molecule has 1 N–H and O–H groups in total. The first-order valence-electron chi connectivity index (χ1n) is 11.0. The van der Waals surface area contributed by atoms with Gasteiger partial charge in [0.2, 0.25) is 21.8 Å². The maximum absolute atomic E-state index is 13.5. The highest BCUT2D eigenvalue weighted by atomic mass is 79.9. The summed E-state index contributed by atoms with van der Waals surface area (Å²) in [6.07, 6.45) is 2.84. The molecule has 0 aliphatic carbocycles. The van der Waals surface area contributed by atoms with Gasteiger partial charge in [0, 0.05) is 22.0 Å². The van der Waals surface area contributed by atoms with Crippen LogP contribution in [-0.2, 0) is 26.2 Å². The summed E-state index contributed by atoms with van der Waals surface area (Å²) in [5.74, 6) is -0.744. The maximum Gasteiger partial charge on any atom is 0.244 e. The van der Waals surface area contributed by atoms with Gasteiger partial charge >= 0.3 is 0 Å². The molecule has 0 heterocycles. The summed E-state index contributed by atoms with van der Waals surface area (Å²) < 4.78 is 28.0. The molecule has 0 aliphatic rings. The molecule has 2 rings (SSSR count). The predicted octanol–water partition coefficient (Wildman–Crippen LogP) is 4.62. The molecule has 0 radical (unpaired) electrons. The summed E-state index contributed by atoms with van der Waals surface area (Å²) in [7, 11) is -3.76. The van der Waals surface area contributed by atoms with E-state index in [4.69, 9.17) is 0 Å². The number of nitrogens with zero attached hydrogens (tertiary/aromatic N) is 2. The Balaban J connectivity index is 2.37. The Morgan fingerprint density at radius 2 is 1.82 bits per heavy atom. The Morgan fingerprint density at radius 3 is 2.41 bits per heavy atom. The molecule has 0 bridgehead atoms. The minimum Gasteiger partial charge on any atom is -0.354 e. The summed E-state index contributed by atoms with van der Waals surface area (Å²) in [5, 5.41) is 2.87. The fraction of sp³-hybridized carbons (Fsp3) is 0.417. The normalized spacial score (nSPS) is 12.2. The largest absolute Gasteiger partial charge is 0.354 e. The zero-order valence-corrected chi connectivity index (χ0v) is 23.8. The van der Waals surface area contributed by atoms with Crippen LogP contribution in [0.4, 0.5) is 5.69 Å². The van der Waals surface area contributed by atoms with Gasteiger partial charge in [0.25, 0.3) is 0 Å². The van der Waals surface area contributed by atoms with Crippen LogP contribution < -0.4 is 9.62 Å². The van der Waals surface area contributed by atoms with Crippen molar-refractivity contribution in [1.29, 1.82) is 0 Å². The van der Waals surface area contributed by atoms with Crippen LogP contribution in [0, 0.1) is 6.92 Å². The third-order valence-corrected chi connectivity index (χ3v) is 7.87.